The van der Waals surface area contributed by atoms with Crippen molar-refractivity contribution in [3.05, 3.63) is 34.9 Å². The largest absolute Gasteiger partial charge is 0.365 e. The molecule has 1 aromatic carbocycles. The first-order chi connectivity index (χ1) is 9.26. The van der Waals surface area contributed by atoms with Crippen LogP contribution in [-0.2, 0) is 28.9 Å². The Labute approximate surface area is 113 Å². The van der Waals surface area contributed by atoms with Crippen molar-refractivity contribution >= 4 is 5.91 Å². The van der Waals surface area contributed by atoms with E-state index in [0.717, 1.165) is 0 Å². The van der Waals surface area contributed by atoms with Crippen LogP contribution in [0.3, 0.4) is 0 Å². The van der Waals surface area contributed by atoms with Gasteiger partial charge in [0.05, 0.1) is 6.10 Å². The summed E-state index contributed by atoms with van der Waals surface area (Å²) in [4.78, 5) is 13.7. The summed E-state index contributed by atoms with van der Waals surface area (Å²) in [5, 5.41) is 0. The molecule has 102 valence electrons. The van der Waals surface area contributed by atoms with Gasteiger partial charge in [-0.25, -0.2) is 0 Å². The third-order valence-electron chi connectivity index (χ3n) is 4.02. The lowest BCUT2D eigenvalue weighted by molar-refractivity contribution is -0.149. The monoisotopic (exact) mass is 260 g/mol. The highest BCUT2D eigenvalue weighted by Crippen LogP contribution is 2.23. The van der Waals surface area contributed by atoms with Crippen molar-refractivity contribution in [1.82, 2.24) is 4.90 Å². The van der Waals surface area contributed by atoms with E-state index in [0.29, 0.717) is 19.6 Å². The fourth-order valence-electron chi connectivity index (χ4n) is 2.92. The fourth-order valence-corrected chi connectivity index (χ4v) is 2.92. The van der Waals surface area contributed by atoms with Crippen LogP contribution in [0.15, 0.2) is 18.2 Å². The van der Waals surface area contributed by atoms with E-state index in [1.54, 1.807) is 0 Å². The Balaban J connectivity index is 1.71. The molecule has 1 aromatic rings. The van der Waals surface area contributed by atoms with Gasteiger partial charge >= 0.3 is 0 Å². The molecule has 1 fully saturated rings. The number of fused-ring (bicyclic) bond motifs is 1. The van der Waals surface area contributed by atoms with Crippen molar-refractivity contribution in [1.29, 1.82) is 0 Å². The van der Waals surface area contributed by atoms with Crippen molar-refractivity contribution in [3.8, 4) is 0 Å². The molecule has 2 aliphatic rings. The second-order valence-electron chi connectivity index (χ2n) is 5.40. The Hall–Kier alpha value is -1.39. The highest BCUT2D eigenvalue weighted by atomic mass is 16.5. The van der Waals surface area contributed by atoms with Gasteiger partial charge in [-0.3, -0.25) is 4.79 Å². The minimum atomic E-state index is -0.0212. The molecule has 19 heavy (non-hydrogen) atoms. The number of morpholine rings is 1. The van der Waals surface area contributed by atoms with Gasteiger partial charge in [-0.15, -0.1) is 0 Å². The van der Waals surface area contributed by atoms with Gasteiger partial charge in [-0.1, -0.05) is 18.2 Å². The molecule has 2 N–H and O–H groups in total. The number of aryl methyl sites for hydroxylation is 2. The summed E-state index contributed by atoms with van der Waals surface area (Å²) < 4.78 is 5.37. The molecule has 1 heterocycles. The van der Waals surface area contributed by atoms with Crippen LogP contribution < -0.4 is 5.73 Å². The average molecular weight is 260 g/mol. The number of rotatable bonds is 3. The molecule has 1 saturated heterocycles. The number of carbonyl (C=O) groups excluding carboxylic acids is 1. The molecule has 1 aliphatic carbocycles. The maximum atomic E-state index is 11.9. The molecule has 0 saturated carbocycles. The first-order valence-corrected chi connectivity index (χ1v) is 6.96. The van der Waals surface area contributed by atoms with Gasteiger partial charge in [0.15, 0.2) is 0 Å². The summed E-state index contributed by atoms with van der Waals surface area (Å²) in [6, 6.07) is 6.61. The summed E-state index contributed by atoms with van der Waals surface area (Å²) in [7, 11) is 0. The number of carbonyl (C=O) groups is 1. The van der Waals surface area contributed by atoms with Crippen LogP contribution in [0.1, 0.15) is 23.1 Å². The van der Waals surface area contributed by atoms with Crippen molar-refractivity contribution in [2.75, 3.05) is 19.7 Å². The van der Waals surface area contributed by atoms with Crippen LogP contribution in [0.2, 0.25) is 0 Å². The molecule has 1 amide bonds. The summed E-state index contributed by atoms with van der Waals surface area (Å²) in [6.45, 7) is 1.90. The summed E-state index contributed by atoms with van der Waals surface area (Å²) in [6.07, 6.45) is 3.60. The predicted octanol–water partition coefficient (Wildman–Crippen LogP) is 0.861. The van der Waals surface area contributed by atoms with E-state index in [9.17, 15) is 4.79 Å². The Bertz CT molecular complexity index is 487. The quantitative estimate of drug-likeness (QED) is 0.877. The zero-order valence-corrected chi connectivity index (χ0v) is 11.1. The number of nitrogens with zero attached hydrogens (tertiary/aromatic N) is 1. The normalized spacial score (nSPS) is 22.7. The zero-order chi connectivity index (χ0) is 13.2. The minimum Gasteiger partial charge on any atom is -0.365 e. The van der Waals surface area contributed by atoms with Gasteiger partial charge in [0.2, 0.25) is 5.91 Å². The van der Waals surface area contributed by atoms with Crippen LogP contribution >= 0.6 is 0 Å². The van der Waals surface area contributed by atoms with Crippen LogP contribution in [-0.4, -0.2) is 36.6 Å². The van der Waals surface area contributed by atoms with Gasteiger partial charge < -0.3 is 15.4 Å². The van der Waals surface area contributed by atoms with E-state index in [2.05, 4.69) is 18.2 Å². The SMILES string of the molecule is NCC1CN(Cc2ccc3c(c2)CCC3)C(=O)CO1. The second-order valence-corrected chi connectivity index (χ2v) is 5.40. The van der Waals surface area contributed by atoms with E-state index in [-0.39, 0.29) is 18.6 Å². The number of hydrogen-bond acceptors (Lipinski definition) is 3. The lowest BCUT2D eigenvalue weighted by Crippen LogP contribution is -2.48. The van der Waals surface area contributed by atoms with Gasteiger partial charge in [-0.2, -0.15) is 0 Å². The third-order valence-corrected chi connectivity index (χ3v) is 4.02. The van der Waals surface area contributed by atoms with Crippen LogP contribution in [0.5, 0.6) is 0 Å². The lowest BCUT2D eigenvalue weighted by Gasteiger charge is -2.32. The standard InChI is InChI=1S/C15H20N2O2/c16-7-14-9-17(15(18)10-19-14)8-11-4-5-12-2-1-3-13(12)6-11/h4-6,14H,1-3,7-10,16H2. The minimum absolute atomic E-state index is 0.0212. The van der Waals surface area contributed by atoms with Crippen LogP contribution in [0, 0.1) is 0 Å². The van der Waals surface area contributed by atoms with Crippen molar-refractivity contribution in [2.45, 2.75) is 31.9 Å². The van der Waals surface area contributed by atoms with E-state index in [1.165, 1.54) is 36.0 Å². The molecular formula is C15H20N2O2. The van der Waals surface area contributed by atoms with Gasteiger partial charge in [0, 0.05) is 19.6 Å². The maximum absolute atomic E-state index is 11.9. The maximum Gasteiger partial charge on any atom is 0.248 e. The van der Waals surface area contributed by atoms with Crippen LogP contribution in [0.25, 0.3) is 0 Å². The average Bonchev–Trinajstić information content (AvgIpc) is 2.89. The molecule has 1 aliphatic heterocycles. The van der Waals surface area contributed by atoms with E-state index < -0.39 is 0 Å². The Morgan fingerprint density at radius 3 is 3.00 bits per heavy atom. The molecule has 0 bridgehead atoms. The zero-order valence-electron chi connectivity index (χ0n) is 11.1. The van der Waals surface area contributed by atoms with E-state index in [4.69, 9.17) is 10.5 Å². The van der Waals surface area contributed by atoms with E-state index >= 15 is 0 Å². The lowest BCUT2D eigenvalue weighted by atomic mass is 10.1. The van der Waals surface area contributed by atoms with Crippen molar-refractivity contribution < 1.29 is 9.53 Å². The Morgan fingerprint density at radius 2 is 2.16 bits per heavy atom. The Morgan fingerprint density at radius 1 is 1.32 bits per heavy atom. The summed E-state index contributed by atoms with van der Waals surface area (Å²) in [5.74, 6) is 0.0604. The fraction of sp³-hybridized carbons (Fsp3) is 0.533. The second kappa shape index (κ2) is 5.31. The number of hydrogen-bond donors (Lipinski definition) is 1. The predicted molar refractivity (Wildman–Crippen MR) is 72.7 cm³/mol. The molecule has 0 aromatic heterocycles. The van der Waals surface area contributed by atoms with Gasteiger partial charge in [0.1, 0.15) is 6.61 Å². The number of benzene rings is 1. The van der Waals surface area contributed by atoms with Crippen molar-refractivity contribution in [3.63, 3.8) is 0 Å². The highest BCUT2D eigenvalue weighted by molar-refractivity contribution is 5.78. The molecular weight excluding hydrogens is 240 g/mol. The molecule has 0 radical (unpaired) electrons. The first-order valence-electron chi connectivity index (χ1n) is 6.96. The molecule has 1 unspecified atom stereocenters. The number of amides is 1. The highest BCUT2D eigenvalue weighted by Gasteiger charge is 2.25. The van der Waals surface area contributed by atoms with Gasteiger partial charge in [0.25, 0.3) is 0 Å². The molecule has 3 rings (SSSR count). The van der Waals surface area contributed by atoms with Crippen LogP contribution in [0.4, 0.5) is 0 Å². The smallest absolute Gasteiger partial charge is 0.248 e. The molecule has 4 heteroatoms. The summed E-state index contributed by atoms with van der Waals surface area (Å²) >= 11 is 0. The third kappa shape index (κ3) is 2.65. The number of nitrogens with two attached hydrogens (primary N) is 1. The van der Waals surface area contributed by atoms with Crippen molar-refractivity contribution in [2.24, 2.45) is 5.73 Å². The Kier molecular flexibility index (Phi) is 3.53. The molecule has 1 atom stereocenters. The first kappa shape index (κ1) is 12.6. The number of ether oxygens (including phenoxy) is 1. The summed E-state index contributed by atoms with van der Waals surface area (Å²) in [5.41, 5.74) is 9.75. The molecule has 0 spiro atoms. The molecule has 4 nitrogen and oxygen atoms in total. The van der Waals surface area contributed by atoms with Gasteiger partial charge in [-0.05, 0) is 36.0 Å². The topological polar surface area (TPSA) is 55.6 Å². The van der Waals surface area contributed by atoms with E-state index in [1.807, 2.05) is 4.90 Å².